The van der Waals surface area contributed by atoms with Gasteiger partial charge in [0, 0.05) is 12.0 Å². The van der Waals surface area contributed by atoms with Crippen molar-refractivity contribution in [3.8, 4) is 0 Å². The van der Waals surface area contributed by atoms with Gasteiger partial charge in [0.1, 0.15) is 0 Å². The van der Waals surface area contributed by atoms with Crippen LogP contribution in [0.1, 0.15) is 0 Å². The Kier molecular flexibility index (Phi) is 4.02. The van der Waals surface area contributed by atoms with Gasteiger partial charge in [-0.25, -0.2) is 0 Å². The van der Waals surface area contributed by atoms with E-state index in [1.807, 2.05) is 0 Å². The molecule has 1 unspecified atom stereocenters. The number of rotatable bonds is 4. The normalized spacial score (nSPS) is 11.7. The van der Waals surface area contributed by atoms with Gasteiger partial charge in [-0.2, -0.15) is 0 Å². The Hall–Kier alpha value is -1.26. The molecule has 0 aliphatic rings. The van der Waals surface area contributed by atoms with E-state index in [0.717, 1.165) is 0 Å². The zero-order valence-electron chi connectivity index (χ0n) is 5.39. The number of methoxy groups -OCH3 is 1. The zero-order chi connectivity index (χ0) is 7.98. The van der Waals surface area contributed by atoms with Crippen LogP contribution in [0.15, 0.2) is 5.11 Å². The fraction of sp³-hybridized carbons (Fsp3) is 0.750. The lowest BCUT2D eigenvalue weighted by molar-refractivity contribution is -0.139. The number of ether oxygens (including phenoxy) is 1. The van der Waals surface area contributed by atoms with Gasteiger partial charge in [-0.1, -0.05) is 5.11 Å². The molecule has 1 N–H and O–H groups in total. The van der Waals surface area contributed by atoms with Crippen LogP contribution in [0.4, 0.5) is 0 Å². The standard InChI is InChI=1S/C4H7N3O3/c1-10-2-3(4(8)9)6-7-5/h3H,2H2,1H3,(H,8,9). The average molecular weight is 145 g/mol. The van der Waals surface area contributed by atoms with Crippen molar-refractivity contribution in [3.05, 3.63) is 10.4 Å². The Morgan fingerprint density at radius 3 is 2.90 bits per heavy atom. The number of carboxylic acid groups (broad SMARTS) is 1. The third-order valence-electron chi connectivity index (χ3n) is 0.801. The molecule has 0 bridgehead atoms. The molecule has 1 atom stereocenters. The van der Waals surface area contributed by atoms with Crippen LogP contribution in [0.2, 0.25) is 0 Å². The Balaban J connectivity index is 3.97. The monoisotopic (exact) mass is 145 g/mol. The minimum atomic E-state index is -1.18. The summed E-state index contributed by atoms with van der Waals surface area (Å²) in [4.78, 5) is 12.5. The molecular weight excluding hydrogens is 138 g/mol. The second-order valence-corrected chi connectivity index (χ2v) is 1.51. The van der Waals surface area contributed by atoms with E-state index in [0.29, 0.717) is 0 Å². The first-order valence-corrected chi connectivity index (χ1v) is 2.48. The molecule has 0 aromatic rings. The summed E-state index contributed by atoms with van der Waals surface area (Å²) >= 11 is 0. The lowest BCUT2D eigenvalue weighted by Crippen LogP contribution is -2.22. The van der Waals surface area contributed by atoms with Crippen molar-refractivity contribution in [1.82, 2.24) is 0 Å². The van der Waals surface area contributed by atoms with Gasteiger partial charge in [-0.15, -0.1) is 0 Å². The van der Waals surface area contributed by atoms with Gasteiger partial charge in [0.15, 0.2) is 6.04 Å². The highest BCUT2D eigenvalue weighted by atomic mass is 16.5. The lowest BCUT2D eigenvalue weighted by Gasteiger charge is -2.01. The summed E-state index contributed by atoms with van der Waals surface area (Å²) < 4.78 is 4.47. The van der Waals surface area contributed by atoms with Gasteiger partial charge in [0.05, 0.1) is 6.61 Å². The molecule has 6 nitrogen and oxygen atoms in total. The van der Waals surface area contributed by atoms with E-state index in [9.17, 15) is 4.79 Å². The quantitative estimate of drug-likeness (QED) is 0.352. The molecule has 0 aliphatic heterocycles. The highest BCUT2D eigenvalue weighted by Crippen LogP contribution is 1.91. The predicted molar refractivity (Wildman–Crippen MR) is 32.4 cm³/mol. The largest absolute Gasteiger partial charge is 0.481 e. The van der Waals surface area contributed by atoms with E-state index >= 15 is 0 Å². The van der Waals surface area contributed by atoms with Crippen molar-refractivity contribution in [2.75, 3.05) is 13.7 Å². The van der Waals surface area contributed by atoms with Gasteiger partial charge in [0.25, 0.3) is 0 Å². The number of carbonyl (C=O) groups is 1. The SMILES string of the molecule is COCC(N=[N+]=[N-])C(=O)O. The Morgan fingerprint density at radius 2 is 2.60 bits per heavy atom. The first kappa shape index (κ1) is 8.74. The summed E-state index contributed by atoms with van der Waals surface area (Å²) in [5.74, 6) is -1.18. The molecule has 0 aromatic heterocycles. The Labute approximate surface area is 57.0 Å². The minimum Gasteiger partial charge on any atom is -0.481 e. The van der Waals surface area contributed by atoms with E-state index in [1.165, 1.54) is 7.11 Å². The lowest BCUT2D eigenvalue weighted by atomic mass is 10.3. The molecular formula is C4H7N3O3. The number of hydrogen-bond acceptors (Lipinski definition) is 3. The van der Waals surface area contributed by atoms with E-state index < -0.39 is 12.0 Å². The topological polar surface area (TPSA) is 95.3 Å². The molecule has 0 saturated carbocycles. The smallest absolute Gasteiger partial charge is 0.314 e. The molecule has 0 rings (SSSR count). The third kappa shape index (κ3) is 2.91. The van der Waals surface area contributed by atoms with Gasteiger partial charge in [0.2, 0.25) is 0 Å². The van der Waals surface area contributed by atoms with E-state index in [2.05, 4.69) is 14.8 Å². The second kappa shape index (κ2) is 4.60. The number of aliphatic carboxylic acids is 1. The zero-order valence-corrected chi connectivity index (χ0v) is 5.39. The summed E-state index contributed by atoms with van der Waals surface area (Å²) in [7, 11) is 1.34. The molecule has 0 amide bonds. The van der Waals surface area contributed by atoms with Crippen LogP contribution in [0.5, 0.6) is 0 Å². The highest BCUT2D eigenvalue weighted by molar-refractivity contribution is 5.73. The number of azide groups is 1. The summed E-state index contributed by atoms with van der Waals surface area (Å²) in [5.41, 5.74) is 7.85. The summed E-state index contributed by atoms with van der Waals surface area (Å²) in [6, 6.07) is -1.12. The molecule has 56 valence electrons. The summed E-state index contributed by atoms with van der Waals surface area (Å²) in [6.07, 6.45) is 0. The summed E-state index contributed by atoms with van der Waals surface area (Å²) in [5, 5.41) is 11.3. The number of carboxylic acids is 1. The van der Waals surface area contributed by atoms with E-state index in [1.54, 1.807) is 0 Å². The van der Waals surface area contributed by atoms with E-state index in [-0.39, 0.29) is 6.61 Å². The van der Waals surface area contributed by atoms with Crippen LogP contribution in [0.3, 0.4) is 0 Å². The molecule has 6 heteroatoms. The molecule has 0 saturated heterocycles. The van der Waals surface area contributed by atoms with Crippen LogP contribution in [-0.2, 0) is 9.53 Å². The molecule has 0 heterocycles. The van der Waals surface area contributed by atoms with Crippen molar-refractivity contribution in [3.63, 3.8) is 0 Å². The van der Waals surface area contributed by atoms with Crippen LogP contribution in [-0.4, -0.2) is 30.8 Å². The first-order chi connectivity index (χ1) is 4.72. The third-order valence-corrected chi connectivity index (χ3v) is 0.801. The summed E-state index contributed by atoms with van der Waals surface area (Å²) in [6.45, 7) is -0.0978. The van der Waals surface area contributed by atoms with Gasteiger partial charge in [-0.3, -0.25) is 4.79 Å². The Bertz CT molecular complexity index is 161. The predicted octanol–water partition coefficient (Wildman–Crippen LogP) is 0.396. The van der Waals surface area contributed by atoms with Crippen molar-refractivity contribution >= 4 is 5.97 Å². The van der Waals surface area contributed by atoms with Crippen LogP contribution in [0, 0.1) is 0 Å². The van der Waals surface area contributed by atoms with Crippen LogP contribution in [0.25, 0.3) is 10.4 Å². The van der Waals surface area contributed by atoms with Gasteiger partial charge in [-0.05, 0) is 5.53 Å². The molecule has 0 radical (unpaired) electrons. The molecule has 0 fully saturated rings. The van der Waals surface area contributed by atoms with Crippen molar-refractivity contribution in [2.24, 2.45) is 5.11 Å². The van der Waals surface area contributed by atoms with E-state index in [4.69, 9.17) is 10.6 Å². The van der Waals surface area contributed by atoms with Crippen LogP contribution < -0.4 is 0 Å². The second-order valence-electron chi connectivity index (χ2n) is 1.51. The fourth-order valence-corrected chi connectivity index (χ4v) is 0.374. The highest BCUT2D eigenvalue weighted by Gasteiger charge is 2.13. The maximum atomic E-state index is 10.1. The number of nitrogens with zero attached hydrogens (tertiary/aromatic N) is 3. The average Bonchev–Trinajstić information content (AvgIpc) is 1.87. The van der Waals surface area contributed by atoms with Gasteiger partial charge < -0.3 is 9.84 Å². The molecule has 0 spiro atoms. The van der Waals surface area contributed by atoms with Crippen molar-refractivity contribution in [2.45, 2.75) is 6.04 Å². The minimum absolute atomic E-state index is 0.0978. The maximum absolute atomic E-state index is 10.1. The Morgan fingerprint density at radius 1 is 2.00 bits per heavy atom. The first-order valence-electron chi connectivity index (χ1n) is 2.48. The van der Waals surface area contributed by atoms with Crippen molar-refractivity contribution < 1.29 is 14.6 Å². The molecule has 0 aliphatic carbocycles. The van der Waals surface area contributed by atoms with Crippen molar-refractivity contribution in [1.29, 1.82) is 0 Å². The fourth-order valence-electron chi connectivity index (χ4n) is 0.374. The molecule has 10 heavy (non-hydrogen) atoms. The van der Waals surface area contributed by atoms with Crippen LogP contribution >= 0.6 is 0 Å². The number of hydrogen-bond donors (Lipinski definition) is 1. The maximum Gasteiger partial charge on any atom is 0.314 e. The van der Waals surface area contributed by atoms with Gasteiger partial charge >= 0.3 is 5.97 Å². The molecule has 0 aromatic carbocycles.